The molecule has 0 aromatic carbocycles. The number of aliphatic imine (C=N–C) groups is 1. The van der Waals surface area contributed by atoms with E-state index in [4.69, 9.17) is 0 Å². The molecule has 2 nitrogen and oxygen atoms in total. The SMILES string of the molecule is [CH2]C/N=C/N(C)C. The van der Waals surface area contributed by atoms with Crippen molar-refractivity contribution in [2.24, 2.45) is 4.99 Å². The van der Waals surface area contributed by atoms with Gasteiger partial charge in [0.25, 0.3) is 0 Å². The Hall–Kier alpha value is -0.530. The van der Waals surface area contributed by atoms with Crippen molar-refractivity contribution in [1.82, 2.24) is 4.90 Å². The normalized spacial score (nSPS) is 10.1. The van der Waals surface area contributed by atoms with Gasteiger partial charge in [-0.15, -0.1) is 0 Å². The minimum Gasteiger partial charge on any atom is -0.369 e. The molecule has 41 valence electrons. The summed E-state index contributed by atoms with van der Waals surface area (Å²) >= 11 is 0. The lowest BCUT2D eigenvalue weighted by Crippen LogP contribution is -2.07. The summed E-state index contributed by atoms with van der Waals surface area (Å²) in [5.74, 6) is 0. The fraction of sp³-hybridized carbons (Fsp3) is 0.600. The van der Waals surface area contributed by atoms with Crippen LogP contribution in [0.1, 0.15) is 0 Å². The molecule has 2 heteroatoms. The molecule has 0 spiro atoms. The van der Waals surface area contributed by atoms with Crippen LogP contribution in [-0.4, -0.2) is 31.9 Å². The third kappa shape index (κ3) is 5.47. The van der Waals surface area contributed by atoms with Crippen molar-refractivity contribution in [2.45, 2.75) is 0 Å². The van der Waals surface area contributed by atoms with Crippen molar-refractivity contribution in [3.63, 3.8) is 0 Å². The molecule has 0 aliphatic heterocycles. The van der Waals surface area contributed by atoms with E-state index in [1.165, 1.54) is 0 Å². The van der Waals surface area contributed by atoms with Gasteiger partial charge in [-0.2, -0.15) is 0 Å². The topological polar surface area (TPSA) is 15.6 Å². The highest BCUT2D eigenvalue weighted by Gasteiger charge is 1.70. The second-order valence-corrected chi connectivity index (χ2v) is 1.49. The minimum atomic E-state index is 0.623. The summed E-state index contributed by atoms with van der Waals surface area (Å²) in [5.41, 5.74) is 0. The molecule has 7 heavy (non-hydrogen) atoms. The fourth-order valence-electron chi connectivity index (χ4n) is 0.221. The Kier molecular flexibility index (Phi) is 3.38. The first-order chi connectivity index (χ1) is 3.27. The maximum absolute atomic E-state index is 3.86. The summed E-state index contributed by atoms with van der Waals surface area (Å²) < 4.78 is 0. The first-order valence-electron chi connectivity index (χ1n) is 2.23. The van der Waals surface area contributed by atoms with Crippen LogP contribution in [0.15, 0.2) is 4.99 Å². The Balaban J connectivity index is 3.08. The van der Waals surface area contributed by atoms with Crippen LogP contribution < -0.4 is 0 Å². The maximum Gasteiger partial charge on any atom is 0.0844 e. The van der Waals surface area contributed by atoms with E-state index in [1.807, 2.05) is 19.0 Å². The zero-order chi connectivity index (χ0) is 5.70. The lowest BCUT2D eigenvalue weighted by Gasteiger charge is -1.99. The Bertz CT molecular complexity index is 57.1. The van der Waals surface area contributed by atoms with Gasteiger partial charge in [-0.1, -0.05) is 0 Å². The molecule has 0 bridgehead atoms. The van der Waals surface area contributed by atoms with Gasteiger partial charge in [0.2, 0.25) is 0 Å². The molecule has 0 rings (SSSR count). The van der Waals surface area contributed by atoms with Gasteiger partial charge in [-0.25, -0.2) is 0 Å². The Labute approximate surface area is 44.9 Å². The quantitative estimate of drug-likeness (QED) is 0.361. The van der Waals surface area contributed by atoms with E-state index in [0.717, 1.165) is 0 Å². The Morgan fingerprint density at radius 3 is 2.43 bits per heavy atom. The van der Waals surface area contributed by atoms with Gasteiger partial charge in [0.1, 0.15) is 0 Å². The average Bonchev–Trinajstić information content (AvgIpc) is 1.61. The van der Waals surface area contributed by atoms with Crippen molar-refractivity contribution in [1.29, 1.82) is 0 Å². The number of hydrogen-bond donors (Lipinski definition) is 0. The molecule has 0 aromatic rings. The van der Waals surface area contributed by atoms with Gasteiger partial charge >= 0.3 is 0 Å². The van der Waals surface area contributed by atoms with Crippen molar-refractivity contribution >= 4 is 6.34 Å². The van der Waals surface area contributed by atoms with Crippen LogP contribution in [0.4, 0.5) is 0 Å². The van der Waals surface area contributed by atoms with Crippen LogP contribution in [0.25, 0.3) is 0 Å². The van der Waals surface area contributed by atoms with Gasteiger partial charge in [-0.05, 0) is 6.92 Å². The van der Waals surface area contributed by atoms with Gasteiger partial charge in [0.15, 0.2) is 0 Å². The molecule has 1 radical (unpaired) electrons. The van der Waals surface area contributed by atoms with Crippen molar-refractivity contribution in [2.75, 3.05) is 20.6 Å². The highest BCUT2D eigenvalue weighted by Crippen LogP contribution is 1.65. The number of nitrogens with zero attached hydrogens (tertiary/aromatic N) is 2. The molecule has 0 aromatic heterocycles. The lowest BCUT2D eigenvalue weighted by atomic mass is 10.8. The van der Waals surface area contributed by atoms with Crippen LogP contribution in [0, 0.1) is 6.92 Å². The highest BCUT2D eigenvalue weighted by atomic mass is 15.1. The average molecular weight is 99.2 g/mol. The molecule has 0 amide bonds. The van der Waals surface area contributed by atoms with E-state index in [-0.39, 0.29) is 0 Å². The molecule has 0 atom stereocenters. The largest absolute Gasteiger partial charge is 0.369 e. The maximum atomic E-state index is 3.86. The molecule has 0 heterocycles. The summed E-state index contributed by atoms with van der Waals surface area (Å²) in [5, 5.41) is 0. The van der Waals surface area contributed by atoms with Crippen LogP contribution in [0.3, 0.4) is 0 Å². The lowest BCUT2D eigenvalue weighted by molar-refractivity contribution is 0.640. The monoisotopic (exact) mass is 99.1 g/mol. The van der Waals surface area contributed by atoms with E-state index < -0.39 is 0 Å². The van der Waals surface area contributed by atoms with E-state index in [9.17, 15) is 0 Å². The molecule has 0 unspecified atom stereocenters. The second kappa shape index (κ2) is 3.65. The summed E-state index contributed by atoms with van der Waals surface area (Å²) in [6, 6.07) is 0. The second-order valence-electron chi connectivity index (χ2n) is 1.49. The first-order valence-corrected chi connectivity index (χ1v) is 2.23. The van der Waals surface area contributed by atoms with E-state index in [2.05, 4.69) is 11.9 Å². The fourth-order valence-corrected chi connectivity index (χ4v) is 0.221. The highest BCUT2D eigenvalue weighted by molar-refractivity contribution is 5.53. The smallest absolute Gasteiger partial charge is 0.0844 e. The summed E-state index contributed by atoms with van der Waals surface area (Å²) in [4.78, 5) is 5.74. The van der Waals surface area contributed by atoms with Gasteiger partial charge < -0.3 is 4.90 Å². The molecule has 0 N–H and O–H groups in total. The molecular formula is C5H11N2. The predicted molar refractivity (Wildman–Crippen MR) is 32.4 cm³/mol. The van der Waals surface area contributed by atoms with Crippen molar-refractivity contribution in [3.05, 3.63) is 6.92 Å². The van der Waals surface area contributed by atoms with Gasteiger partial charge in [0.05, 0.1) is 6.34 Å². The zero-order valence-electron chi connectivity index (χ0n) is 4.89. The first kappa shape index (κ1) is 6.47. The molecule has 0 aliphatic rings. The van der Waals surface area contributed by atoms with E-state index in [0.29, 0.717) is 6.54 Å². The van der Waals surface area contributed by atoms with Crippen molar-refractivity contribution < 1.29 is 0 Å². The predicted octanol–water partition coefficient (Wildman–Crippen LogP) is 0.410. The standard InChI is InChI=1S/C5H11N2/c1-4-6-5-7(2)3/h5H,1,4H2,2-3H3/b6-5+. The van der Waals surface area contributed by atoms with Gasteiger partial charge in [-0.3, -0.25) is 4.99 Å². The molecule has 0 fully saturated rings. The van der Waals surface area contributed by atoms with E-state index in [1.54, 1.807) is 6.34 Å². The summed E-state index contributed by atoms with van der Waals surface area (Å²) in [7, 11) is 3.86. The minimum absolute atomic E-state index is 0.623. The van der Waals surface area contributed by atoms with Gasteiger partial charge in [0, 0.05) is 20.6 Å². The number of rotatable bonds is 2. The zero-order valence-corrected chi connectivity index (χ0v) is 4.89. The molecule has 0 saturated heterocycles. The molecule has 0 saturated carbocycles. The third-order valence-electron chi connectivity index (χ3n) is 0.442. The molecule has 0 aliphatic carbocycles. The summed E-state index contributed by atoms with van der Waals surface area (Å²) in [6.45, 7) is 4.16. The Morgan fingerprint density at radius 1 is 1.71 bits per heavy atom. The van der Waals surface area contributed by atoms with E-state index >= 15 is 0 Å². The third-order valence-corrected chi connectivity index (χ3v) is 0.442. The Morgan fingerprint density at radius 2 is 2.29 bits per heavy atom. The van der Waals surface area contributed by atoms with Crippen LogP contribution in [0.2, 0.25) is 0 Å². The van der Waals surface area contributed by atoms with Crippen molar-refractivity contribution in [3.8, 4) is 0 Å². The molecular weight excluding hydrogens is 88.1 g/mol. The number of hydrogen-bond acceptors (Lipinski definition) is 1. The van der Waals surface area contributed by atoms with Crippen LogP contribution >= 0.6 is 0 Å². The van der Waals surface area contributed by atoms with Crippen LogP contribution in [0.5, 0.6) is 0 Å². The summed E-state index contributed by atoms with van der Waals surface area (Å²) in [6.07, 6.45) is 1.74. The van der Waals surface area contributed by atoms with Crippen LogP contribution in [-0.2, 0) is 0 Å².